The lowest BCUT2D eigenvalue weighted by atomic mass is 9.95. The summed E-state index contributed by atoms with van der Waals surface area (Å²) < 4.78 is 5.08. The van der Waals surface area contributed by atoms with Gasteiger partial charge in [-0.3, -0.25) is 4.79 Å². The molecule has 0 bridgehead atoms. The Morgan fingerprint density at radius 1 is 1.50 bits per heavy atom. The number of amides is 1. The molecule has 1 fully saturated rings. The number of hydrogen-bond donors (Lipinski definition) is 2. The van der Waals surface area contributed by atoms with Gasteiger partial charge < -0.3 is 15.8 Å². The maximum atomic E-state index is 12.3. The number of ether oxygens (including phenoxy) is 1. The highest BCUT2D eigenvalue weighted by Gasteiger charge is 2.41. The van der Waals surface area contributed by atoms with Gasteiger partial charge >= 0.3 is 0 Å². The third-order valence-electron chi connectivity index (χ3n) is 3.80. The van der Waals surface area contributed by atoms with Gasteiger partial charge in [0, 0.05) is 19.2 Å². The molecule has 2 rings (SSSR count). The summed E-state index contributed by atoms with van der Waals surface area (Å²) in [7, 11) is 1.64. The molecule has 1 aromatic carbocycles. The molecule has 1 aromatic rings. The number of benzene rings is 1. The van der Waals surface area contributed by atoms with Crippen LogP contribution < -0.4 is 11.1 Å². The molecule has 1 aliphatic carbocycles. The molecule has 112 valence electrons. The number of carbonyl (C=O) groups is 1. The molecule has 0 aromatic heterocycles. The Morgan fingerprint density at radius 3 is 2.75 bits per heavy atom. The van der Waals surface area contributed by atoms with E-state index in [1.807, 2.05) is 31.2 Å². The molecule has 0 aliphatic heterocycles. The summed E-state index contributed by atoms with van der Waals surface area (Å²) in [6.07, 6.45) is 2.30. The molecule has 5 heteroatoms. The fraction of sp³-hybridized carbons (Fsp3) is 0.533. The van der Waals surface area contributed by atoms with Crippen molar-refractivity contribution in [2.75, 3.05) is 13.7 Å². The maximum Gasteiger partial charge on any atom is 0.251 e. The Morgan fingerprint density at radius 2 is 2.20 bits per heavy atom. The van der Waals surface area contributed by atoms with Crippen molar-refractivity contribution >= 4 is 18.3 Å². The minimum Gasteiger partial charge on any atom is -0.380 e. The summed E-state index contributed by atoms with van der Waals surface area (Å²) >= 11 is 0. The first-order valence-electron chi connectivity index (χ1n) is 6.69. The van der Waals surface area contributed by atoms with Crippen LogP contribution in [0.25, 0.3) is 0 Å². The van der Waals surface area contributed by atoms with E-state index in [1.54, 1.807) is 7.11 Å². The third-order valence-corrected chi connectivity index (χ3v) is 3.80. The van der Waals surface area contributed by atoms with E-state index in [-0.39, 0.29) is 23.9 Å². The van der Waals surface area contributed by atoms with Gasteiger partial charge in [-0.1, -0.05) is 12.1 Å². The van der Waals surface area contributed by atoms with Gasteiger partial charge in [0.2, 0.25) is 0 Å². The second kappa shape index (κ2) is 7.07. The first-order chi connectivity index (χ1) is 9.09. The van der Waals surface area contributed by atoms with E-state index in [0.717, 1.165) is 18.4 Å². The lowest BCUT2D eigenvalue weighted by molar-refractivity contribution is 0.0897. The predicted octanol–water partition coefficient (Wildman–Crippen LogP) is 2.11. The van der Waals surface area contributed by atoms with E-state index in [2.05, 4.69) is 5.32 Å². The lowest BCUT2D eigenvalue weighted by Gasteiger charge is -2.29. The van der Waals surface area contributed by atoms with Crippen molar-refractivity contribution in [1.29, 1.82) is 0 Å². The summed E-state index contributed by atoms with van der Waals surface area (Å²) in [5, 5.41) is 3.09. The molecule has 20 heavy (non-hydrogen) atoms. The van der Waals surface area contributed by atoms with Crippen LogP contribution in [0, 0.1) is 5.92 Å². The van der Waals surface area contributed by atoms with Gasteiger partial charge in [0.05, 0.1) is 12.1 Å². The molecule has 0 heterocycles. The van der Waals surface area contributed by atoms with Crippen LogP contribution in [0.3, 0.4) is 0 Å². The van der Waals surface area contributed by atoms with E-state index in [0.29, 0.717) is 24.6 Å². The Hall–Kier alpha value is -1.10. The highest BCUT2D eigenvalue weighted by molar-refractivity contribution is 5.94. The quantitative estimate of drug-likeness (QED) is 0.845. The van der Waals surface area contributed by atoms with Gasteiger partial charge in [-0.2, -0.15) is 0 Å². The number of carbonyl (C=O) groups excluding carboxylic acids is 1. The zero-order valence-corrected chi connectivity index (χ0v) is 12.8. The van der Waals surface area contributed by atoms with Crippen LogP contribution in [-0.4, -0.2) is 25.1 Å². The van der Waals surface area contributed by atoms with Gasteiger partial charge in [-0.25, -0.2) is 0 Å². The molecule has 0 radical (unpaired) electrons. The monoisotopic (exact) mass is 298 g/mol. The maximum absolute atomic E-state index is 12.3. The first kappa shape index (κ1) is 17.0. The van der Waals surface area contributed by atoms with Crippen LogP contribution >= 0.6 is 12.4 Å². The Labute approximate surface area is 126 Å². The molecule has 0 saturated heterocycles. The lowest BCUT2D eigenvalue weighted by Crippen LogP contribution is -2.53. The van der Waals surface area contributed by atoms with Crippen molar-refractivity contribution in [3.8, 4) is 0 Å². The average Bonchev–Trinajstić information content (AvgIpc) is 3.24. The van der Waals surface area contributed by atoms with Crippen LogP contribution in [0.2, 0.25) is 0 Å². The number of halogens is 1. The SMILES string of the molecule is COCc1cccc(C(=O)NC(C)(CN)C2CC2)c1.Cl. The Kier molecular flexibility index (Phi) is 5.99. The molecule has 1 atom stereocenters. The van der Waals surface area contributed by atoms with Crippen molar-refractivity contribution < 1.29 is 9.53 Å². The van der Waals surface area contributed by atoms with Gasteiger partial charge in [0.15, 0.2) is 0 Å². The average molecular weight is 299 g/mol. The standard InChI is InChI=1S/C15H22N2O2.ClH/c1-15(10-16,13-6-7-13)17-14(18)12-5-3-4-11(8-12)9-19-2;/h3-5,8,13H,6-7,9-10,16H2,1-2H3,(H,17,18);1H. The fourth-order valence-electron chi connectivity index (χ4n) is 2.34. The fourth-order valence-corrected chi connectivity index (χ4v) is 2.34. The van der Waals surface area contributed by atoms with Crippen LogP contribution in [0.5, 0.6) is 0 Å². The number of rotatable bonds is 6. The smallest absolute Gasteiger partial charge is 0.251 e. The van der Waals surface area contributed by atoms with E-state index in [9.17, 15) is 4.79 Å². The molecular formula is C15H23ClN2O2. The largest absolute Gasteiger partial charge is 0.380 e. The van der Waals surface area contributed by atoms with Crippen LogP contribution in [-0.2, 0) is 11.3 Å². The molecule has 1 saturated carbocycles. The van der Waals surface area contributed by atoms with Crippen LogP contribution in [0.1, 0.15) is 35.7 Å². The van der Waals surface area contributed by atoms with Crippen molar-refractivity contribution in [3.05, 3.63) is 35.4 Å². The van der Waals surface area contributed by atoms with Crippen molar-refractivity contribution in [1.82, 2.24) is 5.32 Å². The second-order valence-corrected chi connectivity index (χ2v) is 5.48. The highest BCUT2D eigenvalue weighted by atomic mass is 35.5. The number of methoxy groups -OCH3 is 1. The van der Waals surface area contributed by atoms with E-state index >= 15 is 0 Å². The molecule has 0 spiro atoms. The van der Waals surface area contributed by atoms with Crippen molar-refractivity contribution in [3.63, 3.8) is 0 Å². The number of hydrogen-bond acceptors (Lipinski definition) is 3. The third kappa shape index (κ3) is 3.95. The zero-order chi connectivity index (χ0) is 13.9. The van der Waals surface area contributed by atoms with Gasteiger partial charge in [-0.05, 0) is 43.4 Å². The number of nitrogens with one attached hydrogen (secondary N) is 1. The minimum atomic E-state index is -0.283. The van der Waals surface area contributed by atoms with E-state index < -0.39 is 0 Å². The van der Waals surface area contributed by atoms with E-state index in [1.165, 1.54) is 0 Å². The first-order valence-corrected chi connectivity index (χ1v) is 6.69. The summed E-state index contributed by atoms with van der Waals surface area (Å²) in [4.78, 5) is 12.3. The summed E-state index contributed by atoms with van der Waals surface area (Å²) in [6, 6.07) is 7.50. The van der Waals surface area contributed by atoms with Gasteiger partial charge in [0.1, 0.15) is 0 Å². The summed E-state index contributed by atoms with van der Waals surface area (Å²) in [6.45, 7) is 3.01. The molecule has 1 unspecified atom stereocenters. The molecule has 1 amide bonds. The van der Waals surface area contributed by atoms with E-state index in [4.69, 9.17) is 10.5 Å². The zero-order valence-electron chi connectivity index (χ0n) is 12.0. The van der Waals surface area contributed by atoms with Gasteiger partial charge in [-0.15, -0.1) is 12.4 Å². The second-order valence-electron chi connectivity index (χ2n) is 5.48. The van der Waals surface area contributed by atoms with Crippen LogP contribution in [0.15, 0.2) is 24.3 Å². The molecule has 4 nitrogen and oxygen atoms in total. The van der Waals surface area contributed by atoms with Crippen LogP contribution in [0.4, 0.5) is 0 Å². The van der Waals surface area contributed by atoms with Crippen molar-refractivity contribution in [2.45, 2.75) is 31.9 Å². The molecular weight excluding hydrogens is 276 g/mol. The highest BCUT2D eigenvalue weighted by Crippen LogP contribution is 2.39. The van der Waals surface area contributed by atoms with Gasteiger partial charge in [0.25, 0.3) is 5.91 Å². The Balaban J connectivity index is 0.00000200. The summed E-state index contributed by atoms with van der Waals surface area (Å²) in [5.74, 6) is 0.460. The normalized spacial score (nSPS) is 16.9. The molecule has 1 aliphatic rings. The van der Waals surface area contributed by atoms with Crippen molar-refractivity contribution in [2.24, 2.45) is 11.7 Å². The Bertz CT molecular complexity index is 463. The predicted molar refractivity (Wildman–Crippen MR) is 82.1 cm³/mol. The topological polar surface area (TPSA) is 64.3 Å². The number of nitrogens with two attached hydrogens (primary N) is 1. The summed E-state index contributed by atoms with van der Waals surface area (Å²) in [5.41, 5.74) is 7.19. The minimum absolute atomic E-state index is 0. The molecule has 3 N–H and O–H groups in total.